The first kappa shape index (κ1) is 22.3. The zero-order valence-corrected chi connectivity index (χ0v) is 20.6. The van der Waals surface area contributed by atoms with Gasteiger partial charge in [0, 0.05) is 22.0 Å². The predicted molar refractivity (Wildman–Crippen MR) is 141 cm³/mol. The first-order valence-electron chi connectivity index (χ1n) is 11.0. The number of hydrogen-bond acceptors (Lipinski definition) is 4. The highest BCUT2D eigenvalue weighted by Gasteiger charge is 2.35. The van der Waals surface area contributed by atoms with Crippen molar-refractivity contribution in [1.82, 2.24) is 15.5 Å². The third-order valence-electron chi connectivity index (χ3n) is 6.10. The number of benzene rings is 3. The molecule has 2 heterocycles. The number of anilines is 1. The molecule has 0 saturated carbocycles. The Morgan fingerprint density at radius 3 is 2.47 bits per heavy atom. The minimum Gasteiger partial charge on any atom is -0.351 e. The van der Waals surface area contributed by atoms with Gasteiger partial charge in [0.15, 0.2) is 5.11 Å². The SMILES string of the molecule is CC1=C(c2nc(-c3ccccc3)no2)C(c2cccc(Cl)c2)NC(=S)N1c1ccc(C)c(C)c1. The highest BCUT2D eigenvalue weighted by atomic mass is 35.5. The highest BCUT2D eigenvalue weighted by molar-refractivity contribution is 7.80. The van der Waals surface area contributed by atoms with E-state index in [-0.39, 0.29) is 6.04 Å². The Morgan fingerprint density at radius 2 is 1.74 bits per heavy atom. The van der Waals surface area contributed by atoms with E-state index < -0.39 is 0 Å². The van der Waals surface area contributed by atoms with E-state index in [0.29, 0.717) is 21.9 Å². The number of thiocarbonyl (C=S) groups is 1. The van der Waals surface area contributed by atoms with E-state index in [4.69, 9.17) is 33.3 Å². The van der Waals surface area contributed by atoms with Crippen molar-refractivity contribution in [2.24, 2.45) is 0 Å². The molecule has 7 heteroatoms. The van der Waals surface area contributed by atoms with Crippen molar-refractivity contribution in [1.29, 1.82) is 0 Å². The van der Waals surface area contributed by atoms with Gasteiger partial charge in [-0.2, -0.15) is 4.98 Å². The number of aryl methyl sites for hydroxylation is 2. The monoisotopic (exact) mass is 486 g/mol. The second kappa shape index (κ2) is 9.05. The molecule has 170 valence electrons. The van der Waals surface area contributed by atoms with Crippen molar-refractivity contribution in [3.05, 3.63) is 106 Å². The topological polar surface area (TPSA) is 54.2 Å². The summed E-state index contributed by atoms with van der Waals surface area (Å²) in [5.74, 6) is 0.969. The van der Waals surface area contributed by atoms with E-state index in [2.05, 4.69) is 42.5 Å². The minimum absolute atomic E-state index is 0.293. The Bertz CT molecular complexity index is 1410. The summed E-state index contributed by atoms with van der Waals surface area (Å²) in [5.41, 5.74) is 7.01. The molecule has 1 aliphatic heterocycles. The highest BCUT2D eigenvalue weighted by Crippen LogP contribution is 2.40. The van der Waals surface area contributed by atoms with Gasteiger partial charge >= 0.3 is 0 Å². The molecule has 5 nitrogen and oxygen atoms in total. The van der Waals surface area contributed by atoms with E-state index in [9.17, 15) is 0 Å². The minimum atomic E-state index is -0.293. The Morgan fingerprint density at radius 1 is 0.941 bits per heavy atom. The summed E-state index contributed by atoms with van der Waals surface area (Å²) in [6.07, 6.45) is 0. The summed E-state index contributed by atoms with van der Waals surface area (Å²) in [7, 11) is 0. The Hall–Kier alpha value is -3.48. The third-order valence-corrected chi connectivity index (χ3v) is 6.64. The van der Waals surface area contributed by atoms with Crippen LogP contribution >= 0.6 is 23.8 Å². The van der Waals surface area contributed by atoms with Crippen LogP contribution in [-0.2, 0) is 0 Å². The van der Waals surface area contributed by atoms with Crippen molar-refractivity contribution in [2.75, 3.05) is 4.90 Å². The lowest BCUT2D eigenvalue weighted by molar-refractivity contribution is 0.404. The van der Waals surface area contributed by atoms with E-state index in [1.165, 1.54) is 11.1 Å². The lowest BCUT2D eigenvalue weighted by Crippen LogP contribution is -2.46. The van der Waals surface area contributed by atoms with Crippen LogP contribution in [0.1, 0.15) is 35.5 Å². The molecule has 1 aromatic heterocycles. The molecule has 1 N–H and O–H groups in total. The number of aromatic nitrogens is 2. The van der Waals surface area contributed by atoms with Crippen LogP contribution in [0.4, 0.5) is 5.69 Å². The summed E-state index contributed by atoms with van der Waals surface area (Å²) in [6, 6.07) is 23.5. The molecule has 1 aliphatic rings. The van der Waals surface area contributed by atoms with Gasteiger partial charge in [-0.25, -0.2) is 0 Å². The maximum atomic E-state index is 6.33. The summed E-state index contributed by atoms with van der Waals surface area (Å²) in [6.45, 7) is 6.22. The Labute approximate surface area is 209 Å². The molecule has 1 unspecified atom stereocenters. The van der Waals surface area contributed by atoms with Crippen molar-refractivity contribution < 1.29 is 4.52 Å². The van der Waals surface area contributed by atoms with E-state index in [0.717, 1.165) is 28.1 Å². The van der Waals surface area contributed by atoms with Crippen LogP contribution in [0.5, 0.6) is 0 Å². The smallest absolute Gasteiger partial charge is 0.258 e. The number of hydrogen-bond donors (Lipinski definition) is 1. The second-order valence-corrected chi connectivity index (χ2v) is 9.15. The lowest BCUT2D eigenvalue weighted by Gasteiger charge is -2.37. The number of allylic oxidation sites excluding steroid dienone is 1. The number of rotatable bonds is 4. The molecular weight excluding hydrogens is 464 g/mol. The largest absolute Gasteiger partial charge is 0.351 e. The van der Waals surface area contributed by atoms with Crippen LogP contribution in [-0.4, -0.2) is 15.3 Å². The molecule has 0 saturated heterocycles. The van der Waals surface area contributed by atoms with Gasteiger partial charge in [0.25, 0.3) is 5.89 Å². The number of nitrogens with zero attached hydrogens (tertiary/aromatic N) is 3. The van der Waals surface area contributed by atoms with Gasteiger partial charge < -0.3 is 9.84 Å². The van der Waals surface area contributed by atoms with Crippen LogP contribution in [0.15, 0.2) is 83.0 Å². The second-order valence-electron chi connectivity index (χ2n) is 8.33. The van der Waals surface area contributed by atoms with E-state index >= 15 is 0 Å². The molecule has 0 aliphatic carbocycles. The van der Waals surface area contributed by atoms with Gasteiger partial charge in [-0.3, -0.25) is 4.90 Å². The van der Waals surface area contributed by atoms with E-state index in [1.807, 2.05) is 66.4 Å². The molecule has 0 radical (unpaired) electrons. The lowest BCUT2D eigenvalue weighted by atomic mass is 9.94. The van der Waals surface area contributed by atoms with Crippen LogP contribution in [0, 0.1) is 13.8 Å². The first-order chi connectivity index (χ1) is 16.4. The Kier molecular flexibility index (Phi) is 5.94. The molecule has 0 amide bonds. The molecule has 0 bridgehead atoms. The fourth-order valence-electron chi connectivity index (χ4n) is 4.17. The molecule has 1 atom stereocenters. The summed E-state index contributed by atoms with van der Waals surface area (Å²) in [4.78, 5) is 6.78. The van der Waals surface area contributed by atoms with Crippen LogP contribution in [0.25, 0.3) is 17.0 Å². The van der Waals surface area contributed by atoms with Crippen molar-refractivity contribution in [3.8, 4) is 11.4 Å². The van der Waals surface area contributed by atoms with Gasteiger partial charge in [-0.05, 0) is 73.9 Å². The maximum absolute atomic E-state index is 6.33. The quantitative estimate of drug-likeness (QED) is 0.317. The summed E-state index contributed by atoms with van der Waals surface area (Å²) in [5, 5.41) is 8.98. The summed E-state index contributed by atoms with van der Waals surface area (Å²) >= 11 is 12.2. The van der Waals surface area contributed by atoms with Crippen LogP contribution in [0.3, 0.4) is 0 Å². The summed E-state index contributed by atoms with van der Waals surface area (Å²) < 4.78 is 5.81. The molecule has 0 fully saturated rings. The maximum Gasteiger partial charge on any atom is 0.258 e. The van der Waals surface area contributed by atoms with Crippen LogP contribution in [0.2, 0.25) is 5.02 Å². The van der Waals surface area contributed by atoms with Gasteiger partial charge in [0.2, 0.25) is 5.82 Å². The standard InChI is InChI=1S/C27H23ClN4OS/c1-16-12-13-22(14-17(16)2)32-18(3)23(24(29-27(32)34)20-10-7-11-21(28)15-20)26-30-25(31-33-26)19-8-5-4-6-9-19/h4-15,24H,1-3H3,(H,29,34). The molecule has 0 spiro atoms. The Balaban J connectivity index is 1.67. The molecule has 34 heavy (non-hydrogen) atoms. The molecule has 4 aromatic rings. The molecular formula is C27H23ClN4OS. The van der Waals surface area contributed by atoms with Crippen molar-refractivity contribution >= 4 is 40.2 Å². The predicted octanol–water partition coefficient (Wildman–Crippen LogP) is 6.87. The van der Waals surface area contributed by atoms with Gasteiger partial charge in [0.1, 0.15) is 0 Å². The van der Waals surface area contributed by atoms with Gasteiger partial charge in [-0.15, -0.1) is 0 Å². The van der Waals surface area contributed by atoms with Gasteiger partial charge in [-0.1, -0.05) is 65.3 Å². The molecule has 5 rings (SSSR count). The zero-order chi connectivity index (χ0) is 23.8. The van der Waals surface area contributed by atoms with Crippen molar-refractivity contribution in [3.63, 3.8) is 0 Å². The van der Waals surface area contributed by atoms with Crippen molar-refractivity contribution in [2.45, 2.75) is 26.8 Å². The third kappa shape index (κ3) is 4.11. The fraction of sp³-hybridized carbons (Fsp3) is 0.148. The first-order valence-corrected chi connectivity index (χ1v) is 11.7. The number of halogens is 1. The molecule has 3 aromatic carbocycles. The average molecular weight is 487 g/mol. The number of nitrogens with one attached hydrogen (secondary N) is 1. The zero-order valence-electron chi connectivity index (χ0n) is 19.0. The van der Waals surface area contributed by atoms with Crippen LogP contribution < -0.4 is 10.2 Å². The van der Waals surface area contributed by atoms with E-state index in [1.54, 1.807) is 0 Å². The normalized spacial score (nSPS) is 16.1. The fourth-order valence-corrected chi connectivity index (χ4v) is 4.73. The van der Waals surface area contributed by atoms with Gasteiger partial charge in [0.05, 0.1) is 11.6 Å². The average Bonchev–Trinajstić information content (AvgIpc) is 3.31.